The fraction of sp³-hybridized carbons (Fsp3) is 0.765. The summed E-state index contributed by atoms with van der Waals surface area (Å²) in [5.41, 5.74) is 1.17. The van der Waals surface area contributed by atoms with E-state index in [9.17, 15) is 0 Å². The lowest BCUT2D eigenvalue weighted by molar-refractivity contribution is -0.0816. The van der Waals surface area contributed by atoms with Crippen molar-refractivity contribution in [3.63, 3.8) is 0 Å². The Bertz CT molecular complexity index is 549. The lowest BCUT2D eigenvalue weighted by Crippen LogP contribution is -2.53. The summed E-state index contributed by atoms with van der Waals surface area (Å²) in [5, 5.41) is 6.84. The summed E-state index contributed by atoms with van der Waals surface area (Å²) in [5.74, 6) is 0.951. The maximum atomic E-state index is 5.92. The molecule has 0 amide bonds. The number of morpholine rings is 1. The van der Waals surface area contributed by atoms with E-state index in [1.807, 2.05) is 7.05 Å². The second kappa shape index (κ2) is 10.6. The number of hydrogen-bond acceptors (Lipinski definition) is 5. The van der Waals surface area contributed by atoms with Crippen LogP contribution in [0.1, 0.15) is 30.5 Å². The van der Waals surface area contributed by atoms with Gasteiger partial charge in [0.15, 0.2) is 5.96 Å². The maximum Gasteiger partial charge on any atom is 0.193 e. The number of nitrogens with one attached hydrogen (secondary N) is 1. The van der Waals surface area contributed by atoms with Crippen molar-refractivity contribution in [1.29, 1.82) is 0 Å². The minimum atomic E-state index is 0. The fourth-order valence-corrected chi connectivity index (χ4v) is 4.03. The number of ether oxygens (including phenoxy) is 2. The molecule has 2 saturated heterocycles. The lowest BCUT2D eigenvalue weighted by Gasteiger charge is -2.37. The molecule has 3 heterocycles. The van der Waals surface area contributed by atoms with E-state index in [0.29, 0.717) is 0 Å². The second-order valence-electron chi connectivity index (χ2n) is 6.22. The highest BCUT2D eigenvalue weighted by molar-refractivity contribution is 14.0. The molecular formula is C17H29IN4O2S. The summed E-state index contributed by atoms with van der Waals surface area (Å²) in [6, 6.07) is 0. The normalized spacial score (nSPS) is 24.2. The molecule has 1 N–H and O–H groups in total. The van der Waals surface area contributed by atoms with Crippen LogP contribution in [0, 0.1) is 0 Å². The van der Waals surface area contributed by atoms with E-state index in [1.165, 1.54) is 10.7 Å². The number of guanidine groups is 1. The van der Waals surface area contributed by atoms with Crippen LogP contribution in [0.5, 0.6) is 0 Å². The quantitative estimate of drug-likeness (QED) is 0.399. The molecule has 6 nitrogen and oxygen atoms in total. The van der Waals surface area contributed by atoms with Crippen molar-refractivity contribution in [2.45, 2.75) is 44.8 Å². The third kappa shape index (κ3) is 5.77. The summed E-state index contributed by atoms with van der Waals surface area (Å²) in [7, 11) is 1.84. The Morgan fingerprint density at radius 3 is 2.92 bits per heavy atom. The number of halogens is 1. The highest BCUT2D eigenvalue weighted by atomic mass is 127. The van der Waals surface area contributed by atoms with E-state index in [0.717, 1.165) is 64.5 Å². The standard InChI is InChI=1S/C17H28N4O2S.HI/c1-3-16-20-13(12-24-16)6-7-19-17(18-2)21-8-10-23-15(11-21)14-5-4-9-22-14;/h12,14-15H,3-11H2,1-2H3,(H,18,19);1H. The number of hydrogen-bond donors (Lipinski definition) is 1. The van der Waals surface area contributed by atoms with Crippen LogP contribution in [-0.2, 0) is 22.3 Å². The molecule has 2 aliphatic heterocycles. The van der Waals surface area contributed by atoms with Gasteiger partial charge in [0.25, 0.3) is 0 Å². The summed E-state index contributed by atoms with van der Waals surface area (Å²) in [4.78, 5) is 11.3. The van der Waals surface area contributed by atoms with Crippen LogP contribution in [-0.4, -0.2) is 67.9 Å². The summed E-state index contributed by atoms with van der Waals surface area (Å²) in [6.07, 6.45) is 4.59. The predicted molar refractivity (Wildman–Crippen MR) is 112 cm³/mol. The zero-order valence-electron chi connectivity index (χ0n) is 15.1. The average Bonchev–Trinajstić information content (AvgIpc) is 3.30. The number of rotatable bonds is 5. The SMILES string of the molecule is CCc1nc(CCNC(=NC)N2CCOC(C3CCCO3)C2)cs1.I. The Balaban J connectivity index is 0.00000225. The van der Waals surface area contributed by atoms with Crippen LogP contribution in [0.25, 0.3) is 0 Å². The zero-order valence-corrected chi connectivity index (χ0v) is 18.2. The van der Waals surface area contributed by atoms with Crippen LogP contribution in [0.4, 0.5) is 0 Å². The van der Waals surface area contributed by atoms with Gasteiger partial charge in [-0.25, -0.2) is 4.98 Å². The topological polar surface area (TPSA) is 59.0 Å². The molecule has 0 radical (unpaired) electrons. The first-order chi connectivity index (χ1) is 11.8. The van der Waals surface area contributed by atoms with E-state index >= 15 is 0 Å². The summed E-state index contributed by atoms with van der Waals surface area (Å²) >= 11 is 1.75. The van der Waals surface area contributed by atoms with Gasteiger partial charge < -0.3 is 19.7 Å². The maximum absolute atomic E-state index is 5.92. The van der Waals surface area contributed by atoms with Gasteiger partial charge in [-0.05, 0) is 19.3 Å². The summed E-state index contributed by atoms with van der Waals surface area (Å²) < 4.78 is 11.7. The highest BCUT2D eigenvalue weighted by Crippen LogP contribution is 2.21. The smallest absolute Gasteiger partial charge is 0.193 e. The van der Waals surface area contributed by atoms with E-state index in [4.69, 9.17) is 9.47 Å². The van der Waals surface area contributed by atoms with Crippen LogP contribution in [0.2, 0.25) is 0 Å². The molecule has 0 spiro atoms. The molecule has 8 heteroatoms. The van der Waals surface area contributed by atoms with Gasteiger partial charge in [0.1, 0.15) is 6.10 Å². The Hall–Kier alpha value is -0.450. The Labute approximate surface area is 171 Å². The average molecular weight is 480 g/mol. The fourth-order valence-electron chi connectivity index (χ4n) is 3.25. The molecule has 2 fully saturated rings. The zero-order chi connectivity index (χ0) is 16.8. The molecule has 0 saturated carbocycles. The number of aromatic nitrogens is 1. The summed E-state index contributed by atoms with van der Waals surface area (Å²) in [6.45, 7) is 6.32. The first kappa shape index (κ1) is 20.9. The van der Waals surface area contributed by atoms with Gasteiger partial charge in [0.2, 0.25) is 0 Å². The minimum absolute atomic E-state index is 0. The molecular weight excluding hydrogens is 451 g/mol. The van der Waals surface area contributed by atoms with Crippen LogP contribution < -0.4 is 5.32 Å². The number of aliphatic imine (C=N–C) groups is 1. The van der Waals surface area contributed by atoms with E-state index in [-0.39, 0.29) is 36.2 Å². The van der Waals surface area contributed by atoms with Gasteiger partial charge >= 0.3 is 0 Å². The largest absolute Gasteiger partial charge is 0.375 e. The number of thiazole rings is 1. The van der Waals surface area contributed by atoms with Crippen LogP contribution in [0.3, 0.4) is 0 Å². The van der Waals surface area contributed by atoms with Crippen molar-refractivity contribution in [2.24, 2.45) is 4.99 Å². The monoisotopic (exact) mass is 480 g/mol. The molecule has 0 aromatic carbocycles. The molecule has 25 heavy (non-hydrogen) atoms. The van der Waals surface area contributed by atoms with Gasteiger partial charge in [-0.15, -0.1) is 35.3 Å². The second-order valence-corrected chi connectivity index (χ2v) is 7.16. The van der Waals surface area contributed by atoms with Crippen LogP contribution in [0.15, 0.2) is 10.4 Å². The molecule has 2 unspecified atom stereocenters. The lowest BCUT2D eigenvalue weighted by atomic mass is 10.1. The molecule has 2 atom stereocenters. The van der Waals surface area contributed by atoms with Gasteiger partial charge in [0, 0.05) is 45.1 Å². The Morgan fingerprint density at radius 1 is 1.40 bits per heavy atom. The van der Waals surface area contributed by atoms with Crippen LogP contribution >= 0.6 is 35.3 Å². The molecule has 3 rings (SSSR count). The molecule has 2 aliphatic rings. The third-order valence-electron chi connectivity index (χ3n) is 4.55. The number of nitrogens with zero attached hydrogens (tertiary/aromatic N) is 3. The van der Waals surface area contributed by atoms with E-state index in [1.54, 1.807) is 11.3 Å². The number of aryl methyl sites for hydroxylation is 1. The third-order valence-corrected chi connectivity index (χ3v) is 5.59. The van der Waals surface area contributed by atoms with Gasteiger partial charge in [-0.2, -0.15) is 0 Å². The van der Waals surface area contributed by atoms with Crippen molar-refractivity contribution < 1.29 is 9.47 Å². The molecule has 142 valence electrons. The Morgan fingerprint density at radius 2 is 2.24 bits per heavy atom. The minimum Gasteiger partial charge on any atom is -0.375 e. The van der Waals surface area contributed by atoms with Gasteiger partial charge in [-0.3, -0.25) is 4.99 Å². The van der Waals surface area contributed by atoms with Crippen molar-refractivity contribution in [1.82, 2.24) is 15.2 Å². The molecule has 0 bridgehead atoms. The molecule has 1 aromatic heterocycles. The first-order valence-electron chi connectivity index (χ1n) is 8.92. The molecule has 0 aliphatic carbocycles. The van der Waals surface area contributed by atoms with Crippen molar-refractivity contribution >= 4 is 41.3 Å². The van der Waals surface area contributed by atoms with Gasteiger partial charge in [0.05, 0.1) is 23.4 Å². The van der Waals surface area contributed by atoms with E-state index in [2.05, 4.69) is 32.5 Å². The predicted octanol–water partition coefficient (Wildman–Crippen LogP) is 2.32. The Kier molecular flexibility index (Phi) is 8.88. The highest BCUT2D eigenvalue weighted by Gasteiger charge is 2.32. The molecule has 1 aromatic rings. The first-order valence-corrected chi connectivity index (χ1v) is 9.80. The van der Waals surface area contributed by atoms with Crippen molar-refractivity contribution in [3.8, 4) is 0 Å². The van der Waals surface area contributed by atoms with E-state index < -0.39 is 0 Å². The van der Waals surface area contributed by atoms with Gasteiger partial charge in [-0.1, -0.05) is 6.92 Å². The van der Waals surface area contributed by atoms with Crippen molar-refractivity contribution in [3.05, 3.63) is 16.1 Å². The van der Waals surface area contributed by atoms with Crippen molar-refractivity contribution in [2.75, 3.05) is 39.9 Å².